The van der Waals surface area contributed by atoms with E-state index in [1.165, 1.54) is 12.1 Å². The number of piperidine rings is 1. The van der Waals surface area contributed by atoms with Gasteiger partial charge < -0.3 is 20.6 Å². The maximum Gasteiger partial charge on any atom is 0.490 e. The number of hydrogen-bond donors (Lipinski definition) is 3. The highest BCUT2D eigenvalue weighted by atomic mass is 35.5. The van der Waals surface area contributed by atoms with Gasteiger partial charge in [0.15, 0.2) is 5.82 Å². The molecule has 2 saturated heterocycles. The van der Waals surface area contributed by atoms with Crippen molar-refractivity contribution < 1.29 is 32.3 Å². The molecule has 2 aliphatic heterocycles. The molecule has 3 rings (SSSR count). The van der Waals surface area contributed by atoms with E-state index >= 15 is 0 Å². The molecule has 2 atom stereocenters. The Kier molecular flexibility index (Phi) is 6.88. The monoisotopic (exact) mass is 411 g/mol. The Balaban J connectivity index is 0.000000321. The summed E-state index contributed by atoms with van der Waals surface area (Å²) in [5.74, 6) is -3.34. The van der Waals surface area contributed by atoms with Crippen molar-refractivity contribution in [2.45, 2.75) is 37.5 Å². The number of hydrogen-bond acceptors (Lipinski definition) is 3. The number of rotatable bonds is 1. The van der Waals surface area contributed by atoms with Crippen LogP contribution < -0.4 is 10.6 Å². The molecule has 2 aliphatic rings. The molecule has 0 aliphatic carbocycles. The Morgan fingerprint density at radius 3 is 2.59 bits per heavy atom. The molecule has 0 spiro atoms. The molecule has 6 nitrogen and oxygen atoms in total. The number of halogens is 5. The molecule has 150 valence electrons. The lowest BCUT2D eigenvalue weighted by Gasteiger charge is -2.37. The van der Waals surface area contributed by atoms with Crippen LogP contribution in [0.15, 0.2) is 18.2 Å². The summed E-state index contributed by atoms with van der Waals surface area (Å²) < 4.78 is 45.6. The van der Waals surface area contributed by atoms with Crippen molar-refractivity contribution in [3.63, 3.8) is 0 Å². The topological polar surface area (TPSA) is 81.7 Å². The summed E-state index contributed by atoms with van der Waals surface area (Å²) in [5, 5.41) is 13.2. The van der Waals surface area contributed by atoms with Crippen molar-refractivity contribution in [2.75, 3.05) is 18.4 Å². The molecule has 1 aromatic rings. The van der Waals surface area contributed by atoms with E-state index in [4.69, 9.17) is 21.5 Å². The van der Waals surface area contributed by atoms with Crippen LogP contribution in [0, 0.1) is 5.82 Å². The number of nitrogens with zero attached hydrogens (tertiary/aromatic N) is 1. The molecule has 27 heavy (non-hydrogen) atoms. The Morgan fingerprint density at radius 2 is 1.96 bits per heavy atom. The highest BCUT2D eigenvalue weighted by molar-refractivity contribution is 6.31. The Labute approximate surface area is 157 Å². The SMILES string of the molecule is O=C(Nc1cccc(Cl)c1F)N1CCCC2NCCC21.O=C(O)C(F)(F)F. The zero-order valence-electron chi connectivity index (χ0n) is 14.0. The van der Waals surface area contributed by atoms with Crippen molar-refractivity contribution in [1.82, 2.24) is 10.2 Å². The van der Waals surface area contributed by atoms with Crippen LogP contribution in [0.1, 0.15) is 19.3 Å². The summed E-state index contributed by atoms with van der Waals surface area (Å²) in [7, 11) is 0. The molecule has 2 heterocycles. The molecule has 2 fully saturated rings. The quantitative estimate of drug-likeness (QED) is 0.618. The summed E-state index contributed by atoms with van der Waals surface area (Å²) in [6.07, 6.45) is -2.06. The van der Waals surface area contributed by atoms with E-state index in [2.05, 4.69) is 10.6 Å². The molecule has 2 unspecified atom stereocenters. The standard InChI is InChI=1S/C14H17ClFN3O.C2HF3O2/c15-9-3-1-4-11(13(9)16)18-14(20)19-8-2-5-10-12(19)6-7-17-10;3-2(4,5)1(6)7/h1,3-4,10,12,17H,2,5-8H2,(H,18,20);(H,6,7). The Bertz CT molecular complexity index is 702. The number of benzene rings is 1. The van der Waals surface area contributed by atoms with Crippen LogP contribution in [-0.2, 0) is 4.79 Å². The lowest BCUT2D eigenvalue weighted by Crippen LogP contribution is -2.52. The number of anilines is 1. The van der Waals surface area contributed by atoms with Gasteiger partial charge in [0.2, 0.25) is 0 Å². The van der Waals surface area contributed by atoms with Crippen LogP contribution in [0.25, 0.3) is 0 Å². The molecule has 1 aromatic carbocycles. The van der Waals surface area contributed by atoms with Crippen molar-refractivity contribution in [2.24, 2.45) is 0 Å². The first-order chi connectivity index (χ1) is 12.6. The number of likely N-dealkylation sites (tertiary alicyclic amines) is 1. The molecular formula is C16H18ClF4N3O3. The summed E-state index contributed by atoms with van der Waals surface area (Å²) in [6, 6.07) is 4.95. The molecule has 11 heteroatoms. The van der Waals surface area contributed by atoms with E-state index in [1.807, 2.05) is 4.90 Å². The second kappa shape index (κ2) is 8.75. The van der Waals surface area contributed by atoms with Gasteiger partial charge >= 0.3 is 18.2 Å². The first-order valence-electron chi connectivity index (χ1n) is 8.16. The minimum absolute atomic E-state index is 0.0156. The first-order valence-corrected chi connectivity index (χ1v) is 8.54. The Hall–Kier alpha value is -2.07. The van der Waals surface area contributed by atoms with Gasteiger partial charge in [0.05, 0.1) is 10.7 Å². The lowest BCUT2D eigenvalue weighted by atomic mass is 9.98. The predicted octanol–water partition coefficient (Wildman–Crippen LogP) is 3.47. The minimum Gasteiger partial charge on any atom is -0.475 e. The molecule has 0 saturated carbocycles. The molecule has 0 bridgehead atoms. The third-order valence-corrected chi connectivity index (χ3v) is 4.61. The van der Waals surface area contributed by atoms with Crippen molar-refractivity contribution in [1.29, 1.82) is 0 Å². The van der Waals surface area contributed by atoms with Gasteiger partial charge in [0.25, 0.3) is 0 Å². The average Bonchev–Trinajstić information content (AvgIpc) is 3.07. The predicted molar refractivity (Wildman–Crippen MR) is 90.3 cm³/mol. The van der Waals surface area contributed by atoms with E-state index in [1.54, 1.807) is 6.07 Å². The van der Waals surface area contributed by atoms with Crippen molar-refractivity contribution in [3.05, 3.63) is 29.0 Å². The number of nitrogens with one attached hydrogen (secondary N) is 2. The van der Waals surface area contributed by atoms with E-state index in [0.29, 0.717) is 6.04 Å². The number of carboxylic acids is 1. The highest BCUT2D eigenvalue weighted by Gasteiger charge is 2.38. The number of carbonyl (C=O) groups is 2. The maximum absolute atomic E-state index is 13.8. The van der Waals surface area contributed by atoms with Gasteiger partial charge in [-0.2, -0.15) is 13.2 Å². The van der Waals surface area contributed by atoms with Gasteiger partial charge in [-0.3, -0.25) is 0 Å². The van der Waals surface area contributed by atoms with Gasteiger partial charge in [-0.05, 0) is 37.9 Å². The summed E-state index contributed by atoms with van der Waals surface area (Å²) in [6.45, 7) is 1.65. The van der Waals surface area contributed by atoms with Crippen LogP contribution in [0.3, 0.4) is 0 Å². The molecule has 0 radical (unpaired) electrons. The first kappa shape index (κ1) is 21.2. The zero-order chi connectivity index (χ0) is 20.2. The highest BCUT2D eigenvalue weighted by Crippen LogP contribution is 2.26. The van der Waals surface area contributed by atoms with Crippen LogP contribution in [0.5, 0.6) is 0 Å². The van der Waals surface area contributed by atoms with Crippen LogP contribution in [-0.4, -0.2) is 53.4 Å². The smallest absolute Gasteiger partial charge is 0.475 e. The van der Waals surface area contributed by atoms with E-state index in [-0.39, 0.29) is 22.8 Å². The number of urea groups is 1. The van der Waals surface area contributed by atoms with Gasteiger partial charge in [0, 0.05) is 18.6 Å². The molecule has 2 amide bonds. The van der Waals surface area contributed by atoms with Crippen LogP contribution >= 0.6 is 11.6 Å². The number of alkyl halides is 3. The zero-order valence-corrected chi connectivity index (χ0v) is 14.8. The minimum atomic E-state index is -5.08. The number of carbonyl (C=O) groups excluding carboxylic acids is 1. The average molecular weight is 412 g/mol. The fourth-order valence-electron chi connectivity index (χ4n) is 3.11. The van der Waals surface area contributed by atoms with Gasteiger partial charge in [-0.15, -0.1) is 0 Å². The third-order valence-electron chi connectivity index (χ3n) is 4.32. The lowest BCUT2D eigenvalue weighted by molar-refractivity contribution is -0.192. The van der Waals surface area contributed by atoms with E-state index in [0.717, 1.165) is 32.4 Å². The van der Waals surface area contributed by atoms with E-state index < -0.39 is 18.0 Å². The van der Waals surface area contributed by atoms with Crippen LogP contribution in [0.4, 0.5) is 28.0 Å². The van der Waals surface area contributed by atoms with Gasteiger partial charge in [0.1, 0.15) is 0 Å². The molecular weight excluding hydrogens is 394 g/mol. The largest absolute Gasteiger partial charge is 0.490 e. The second-order valence-electron chi connectivity index (χ2n) is 6.09. The Morgan fingerprint density at radius 1 is 1.30 bits per heavy atom. The maximum atomic E-state index is 13.8. The second-order valence-corrected chi connectivity index (χ2v) is 6.49. The summed E-state index contributed by atoms with van der Waals surface area (Å²) in [4.78, 5) is 23.1. The number of carboxylic acid groups (broad SMARTS) is 1. The molecule has 0 aromatic heterocycles. The number of aliphatic carboxylic acids is 1. The molecule has 3 N–H and O–H groups in total. The summed E-state index contributed by atoms with van der Waals surface area (Å²) >= 11 is 5.72. The fourth-order valence-corrected chi connectivity index (χ4v) is 3.28. The van der Waals surface area contributed by atoms with Gasteiger partial charge in [-0.25, -0.2) is 14.0 Å². The summed E-state index contributed by atoms with van der Waals surface area (Å²) in [5.41, 5.74) is 0.135. The normalized spacial score (nSPS) is 21.7. The number of amides is 2. The van der Waals surface area contributed by atoms with Crippen molar-refractivity contribution in [3.8, 4) is 0 Å². The van der Waals surface area contributed by atoms with Crippen LogP contribution in [0.2, 0.25) is 5.02 Å². The fraction of sp³-hybridized carbons (Fsp3) is 0.500. The van der Waals surface area contributed by atoms with E-state index in [9.17, 15) is 22.4 Å². The van der Waals surface area contributed by atoms with Crippen molar-refractivity contribution >= 4 is 29.3 Å². The number of fused-ring (bicyclic) bond motifs is 1. The van der Waals surface area contributed by atoms with Gasteiger partial charge in [-0.1, -0.05) is 17.7 Å². The third kappa shape index (κ3) is 5.46.